The zero-order chi connectivity index (χ0) is 19.2. The minimum Gasteiger partial charge on any atom is -0.354 e. The lowest BCUT2D eigenvalue weighted by molar-refractivity contribution is -0.119. The zero-order valence-electron chi connectivity index (χ0n) is 15.5. The lowest BCUT2D eigenvalue weighted by Gasteiger charge is -2.26. The molecule has 0 radical (unpaired) electrons. The van der Waals surface area contributed by atoms with E-state index in [2.05, 4.69) is 10.2 Å². The predicted molar refractivity (Wildman–Crippen MR) is 106 cm³/mol. The minimum atomic E-state index is -3.58. The van der Waals surface area contributed by atoms with Gasteiger partial charge in [-0.2, -0.15) is 0 Å². The molecule has 0 aliphatic carbocycles. The van der Waals surface area contributed by atoms with Crippen molar-refractivity contribution < 1.29 is 13.2 Å². The van der Waals surface area contributed by atoms with Crippen LogP contribution in [0.25, 0.3) is 0 Å². The summed E-state index contributed by atoms with van der Waals surface area (Å²) in [7, 11) is -3.58. The quantitative estimate of drug-likeness (QED) is 0.679. The topological polar surface area (TPSA) is 69.7 Å². The number of piperidine rings is 1. The number of rotatable bonds is 8. The Labute approximate surface area is 161 Å². The van der Waals surface area contributed by atoms with E-state index in [1.54, 1.807) is 18.2 Å². The van der Waals surface area contributed by atoms with Gasteiger partial charge in [-0.25, -0.2) is 8.42 Å². The van der Waals surface area contributed by atoms with Gasteiger partial charge in [-0.1, -0.05) is 24.1 Å². The van der Waals surface area contributed by atoms with Crippen LogP contribution in [0, 0.1) is 6.92 Å². The van der Waals surface area contributed by atoms with Crippen LogP contribution in [-0.2, 0) is 14.8 Å². The molecule has 146 valence electrons. The van der Waals surface area contributed by atoms with Crippen LogP contribution in [0.5, 0.6) is 0 Å². The summed E-state index contributed by atoms with van der Waals surface area (Å²) >= 11 is 6.09. The normalized spacial score (nSPS) is 15.7. The van der Waals surface area contributed by atoms with Crippen molar-refractivity contribution in [1.29, 1.82) is 0 Å². The Morgan fingerprint density at radius 1 is 1.27 bits per heavy atom. The number of halogens is 1. The molecule has 0 spiro atoms. The van der Waals surface area contributed by atoms with Crippen molar-refractivity contribution >= 4 is 33.2 Å². The molecular formula is C18H28ClN3O3S. The van der Waals surface area contributed by atoms with Crippen molar-refractivity contribution in [2.45, 2.75) is 32.6 Å². The molecule has 6 nitrogen and oxygen atoms in total. The van der Waals surface area contributed by atoms with Gasteiger partial charge < -0.3 is 10.2 Å². The van der Waals surface area contributed by atoms with Gasteiger partial charge in [0.25, 0.3) is 0 Å². The second kappa shape index (κ2) is 9.58. The average Bonchev–Trinajstić information content (AvgIpc) is 2.59. The Balaban J connectivity index is 1.87. The Kier molecular flexibility index (Phi) is 7.73. The summed E-state index contributed by atoms with van der Waals surface area (Å²) in [6, 6.07) is 4.97. The van der Waals surface area contributed by atoms with Crippen LogP contribution >= 0.6 is 11.6 Å². The maximum Gasteiger partial charge on any atom is 0.240 e. The van der Waals surface area contributed by atoms with Crippen molar-refractivity contribution in [3.05, 3.63) is 28.8 Å². The fourth-order valence-corrected chi connectivity index (χ4v) is 4.06. The van der Waals surface area contributed by atoms with E-state index in [1.165, 1.54) is 19.3 Å². The number of sulfonamides is 1. The van der Waals surface area contributed by atoms with Gasteiger partial charge in [0.2, 0.25) is 15.9 Å². The van der Waals surface area contributed by atoms with Gasteiger partial charge in [0.1, 0.15) is 6.54 Å². The fraction of sp³-hybridized carbons (Fsp3) is 0.611. The van der Waals surface area contributed by atoms with E-state index in [9.17, 15) is 13.2 Å². The zero-order valence-corrected chi connectivity index (χ0v) is 17.1. The number of aryl methyl sites for hydroxylation is 1. The van der Waals surface area contributed by atoms with E-state index in [0.717, 1.165) is 42.2 Å². The summed E-state index contributed by atoms with van der Waals surface area (Å²) in [5.41, 5.74) is 1.25. The smallest absolute Gasteiger partial charge is 0.240 e. The number of nitrogens with one attached hydrogen (secondary N) is 1. The molecule has 0 bridgehead atoms. The van der Waals surface area contributed by atoms with Gasteiger partial charge in [0, 0.05) is 11.6 Å². The highest BCUT2D eigenvalue weighted by Crippen LogP contribution is 2.24. The van der Waals surface area contributed by atoms with Crippen LogP contribution in [0.15, 0.2) is 18.2 Å². The largest absolute Gasteiger partial charge is 0.354 e. The summed E-state index contributed by atoms with van der Waals surface area (Å²) < 4.78 is 25.3. The van der Waals surface area contributed by atoms with E-state index in [-0.39, 0.29) is 12.5 Å². The van der Waals surface area contributed by atoms with Gasteiger partial charge in [0.05, 0.1) is 11.9 Å². The Morgan fingerprint density at radius 3 is 2.58 bits per heavy atom. The molecule has 26 heavy (non-hydrogen) atoms. The first kappa shape index (κ1) is 21.0. The molecule has 0 saturated carbocycles. The van der Waals surface area contributed by atoms with Gasteiger partial charge in [-0.05, 0) is 63.5 Å². The molecule has 2 rings (SSSR count). The van der Waals surface area contributed by atoms with Crippen molar-refractivity contribution in [3.63, 3.8) is 0 Å². The Bertz CT molecular complexity index is 718. The molecular weight excluding hydrogens is 374 g/mol. The number of carbonyl (C=O) groups excluding carboxylic acids is 1. The minimum absolute atomic E-state index is 0.248. The third-order valence-electron chi connectivity index (χ3n) is 4.55. The van der Waals surface area contributed by atoms with Crippen LogP contribution in [0.1, 0.15) is 31.2 Å². The van der Waals surface area contributed by atoms with Crippen molar-refractivity contribution in [3.8, 4) is 0 Å². The van der Waals surface area contributed by atoms with Crippen molar-refractivity contribution in [1.82, 2.24) is 10.2 Å². The van der Waals surface area contributed by atoms with E-state index < -0.39 is 10.0 Å². The molecule has 1 amide bonds. The first-order valence-corrected chi connectivity index (χ1v) is 11.2. The molecule has 0 aromatic heterocycles. The van der Waals surface area contributed by atoms with Gasteiger partial charge in [-0.15, -0.1) is 0 Å². The number of hydrogen-bond donors (Lipinski definition) is 1. The van der Waals surface area contributed by atoms with E-state index >= 15 is 0 Å². The number of anilines is 1. The molecule has 1 aliphatic heterocycles. The van der Waals surface area contributed by atoms with E-state index in [0.29, 0.717) is 17.3 Å². The van der Waals surface area contributed by atoms with Crippen LogP contribution in [0.2, 0.25) is 5.02 Å². The standard InChI is InChI=1S/C18H28ClN3O3S/c1-15-7-8-16(13-17(15)19)22(26(2,24)25)14-18(23)20-9-6-12-21-10-4-3-5-11-21/h7-8,13H,3-6,9-12,14H2,1-2H3,(H,20,23). The lowest BCUT2D eigenvalue weighted by Crippen LogP contribution is -2.41. The molecule has 0 atom stereocenters. The third-order valence-corrected chi connectivity index (χ3v) is 6.10. The van der Waals surface area contributed by atoms with E-state index in [4.69, 9.17) is 11.6 Å². The third kappa shape index (κ3) is 6.45. The SMILES string of the molecule is Cc1ccc(N(CC(=O)NCCCN2CCCCC2)S(C)(=O)=O)cc1Cl. The summed E-state index contributed by atoms with van der Waals surface area (Å²) in [5.74, 6) is -0.314. The fourth-order valence-electron chi connectivity index (χ4n) is 3.04. The number of nitrogens with zero attached hydrogens (tertiary/aromatic N) is 2. The highest BCUT2D eigenvalue weighted by molar-refractivity contribution is 7.92. The lowest BCUT2D eigenvalue weighted by atomic mass is 10.1. The maximum absolute atomic E-state index is 12.2. The van der Waals surface area contributed by atoms with E-state index in [1.807, 2.05) is 6.92 Å². The second-order valence-electron chi connectivity index (χ2n) is 6.81. The number of benzene rings is 1. The Hall–Kier alpha value is -1.31. The Morgan fingerprint density at radius 2 is 1.96 bits per heavy atom. The molecule has 0 unspecified atom stereocenters. The molecule has 1 aromatic carbocycles. The number of amides is 1. The maximum atomic E-state index is 12.2. The second-order valence-corrected chi connectivity index (χ2v) is 9.12. The molecule has 8 heteroatoms. The summed E-state index contributed by atoms with van der Waals surface area (Å²) in [6.45, 7) is 5.35. The molecule has 1 saturated heterocycles. The molecule has 1 N–H and O–H groups in total. The summed E-state index contributed by atoms with van der Waals surface area (Å²) in [4.78, 5) is 14.6. The summed E-state index contributed by atoms with van der Waals surface area (Å²) in [6.07, 6.45) is 5.74. The first-order valence-electron chi connectivity index (χ1n) is 9.00. The predicted octanol–water partition coefficient (Wildman–Crippen LogP) is 2.41. The van der Waals surface area contributed by atoms with Crippen molar-refractivity contribution in [2.75, 3.05) is 43.3 Å². The molecule has 1 aliphatic rings. The number of carbonyl (C=O) groups is 1. The highest BCUT2D eigenvalue weighted by atomic mass is 35.5. The van der Waals surface area contributed by atoms with Gasteiger partial charge in [-0.3, -0.25) is 9.10 Å². The molecule has 1 fully saturated rings. The van der Waals surface area contributed by atoms with Crippen LogP contribution in [0.3, 0.4) is 0 Å². The van der Waals surface area contributed by atoms with Crippen LogP contribution in [0.4, 0.5) is 5.69 Å². The van der Waals surface area contributed by atoms with Crippen LogP contribution < -0.4 is 9.62 Å². The molecule has 1 heterocycles. The average molecular weight is 402 g/mol. The molecule has 1 aromatic rings. The van der Waals surface area contributed by atoms with Gasteiger partial charge in [0.15, 0.2) is 0 Å². The number of likely N-dealkylation sites (tertiary alicyclic amines) is 1. The van der Waals surface area contributed by atoms with Gasteiger partial charge >= 0.3 is 0 Å². The number of hydrogen-bond acceptors (Lipinski definition) is 4. The summed E-state index contributed by atoms with van der Waals surface area (Å²) in [5, 5.41) is 3.29. The first-order chi connectivity index (χ1) is 12.3. The van der Waals surface area contributed by atoms with Crippen molar-refractivity contribution in [2.24, 2.45) is 0 Å². The monoisotopic (exact) mass is 401 g/mol. The highest BCUT2D eigenvalue weighted by Gasteiger charge is 2.21. The van der Waals surface area contributed by atoms with Crippen LogP contribution in [-0.4, -0.2) is 58.2 Å².